The van der Waals surface area contributed by atoms with Crippen LogP contribution in [0.25, 0.3) is 0 Å². The van der Waals surface area contributed by atoms with Crippen LogP contribution < -0.4 is 33.2 Å². The second kappa shape index (κ2) is 15.3. The van der Waals surface area contributed by atoms with Crippen molar-refractivity contribution in [1.82, 2.24) is 16.0 Å². The molecule has 0 rings (SSSR count). The molecule has 11 N–H and O–H groups in total. The summed E-state index contributed by atoms with van der Waals surface area (Å²) < 4.78 is 0. The fraction of sp³-hybridized carbons (Fsp3) is 0.706. The van der Waals surface area contributed by atoms with E-state index in [1.54, 1.807) is 0 Å². The maximum Gasteiger partial charge on any atom is 0.326 e. The Kier molecular flexibility index (Phi) is 14.0. The lowest BCUT2D eigenvalue weighted by molar-refractivity contribution is -0.142. The molecule has 14 heteroatoms. The highest BCUT2D eigenvalue weighted by Gasteiger charge is 2.28. The summed E-state index contributed by atoms with van der Waals surface area (Å²) >= 11 is 1.45. The number of aliphatic imine (C=N–C) groups is 1. The molecule has 0 aromatic carbocycles. The number of nitrogens with two attached hydrogens (primary N) is 3. The molecule has 3 amide bonds. The van der Waals surface area contributed by atoms with Gasteiger partial charge in [0.25, 0.3) is 0 Å². The molecule has 13 nitrogen and oxygen atoms in total. The van der Waals surface area contributed by atoms with Gasteiger partial charge in [-0.3, -0.25) is 19.4 Å². The van der Waals surface area contributed by atoms with Crippen molar-refractivity contribution in [2.75, 3.05) is 25.2 Å². The number of thioether (sulfide) groups is 1. The number of rotatable bonds is 15. The number of carboxylic acid groups (broad SMARTS) is 1. The average molecular weight is 464 g/mol. The molecular weight excluding hydrogens is 430 g/mol. The molecule has 0 saturated heterocycles. The normalized spacial score (nSPS) is 14.5. The molecule has 0 fully saturated rings. The summed E-state index contributed by atoms with van der Waals surface area (Å²) in [6.07, 6.45) is 2.48. The third-order valence-electron chi connectivity index (χ3n) is 4.09. The molecule has 0 spiro atoms. The Bertz CT molecular complexity index is 644. The van der Waals surface area contributed by atoms with Gasteiger partial charge in [0.05, 0.1) is 6.61 Å². The highest BCUT2D eigenvalue weighted by Crippen LogP contribution is 2.05. The van der Waals surface area contributed by atoms with E-state index in [0.717, 1.165) is 0 Å². The van der Waals surface area contributed by atoms with Gasteiger partial charge in [0.1, 0.15) is 24.2 Å². The van der Waals surface area contributed by atoms with E-state index in [2.05, 4.69) is 20.9 Å². The second-order valence-corrected chi connectivity index (χ2v) is 7.70. The topological polar surface area (TPSA) is 235 Å². The first-order valence-electron chi connectivity index (χ1n) is 9.58. The molecule has 4 atom stereocenters. The molecule has 0 aromatic rings. The number of carboxylic acids is 1. The minimum absolute atomic E-state index is 0.0898. The zero-order chi connectivity index (χ0) is 24.0. The lowest BCUT2D eigenvalue weighted by Gasteiger charge is -2.23. The predicted molar refractivity (Wildman–Crippen MR) is 117 cm³/mol. The molecular formula is C17H33N7O6S. The number of carbonyl (C=O) groups is 4. The summed E-state index contributed by atoms with van der Waals surface area (Å²) in [4.78, 5) is 52.0. The van der Waals surface area contributed by atoms with E-state index in [1.165, 1.54) is 18.7 Å². The number of nitrogens with zero attached hydrogens (tertiary/aromatic N) is 1. The summed E-state index contributed by atoms with van der Waals surface area (Å²) in [7, 11) is 0. The van der Waals surface area contributed by atoms with Crippen LogP contribution in [-0.2, 0) is 19.2 Å². The first-order valence-corrected chi connectivity index (χ1v) is 11.0. The number of hydrogen-bond acceptors (Lipinski definition) is 8. The summed E-state index contributed by atoms with van der Waals surface area (Å²) in [6, 6.07) is -4.40. The minimum Gasteiger partial charge on any atom is -0.480 e. The van der Waals surface area contributed by atoms with Crippen LogP contribution in [0.15, 0.2) is 4.99 Å². The van der Waals surface area contributed by atoms with Crippen LogP contribution in [0, 0.1) is 0 Å². The molecule has 0 saturated carbocycles. The van der Waals surface area contributed by atoms with Crippen LogP contribution in [0.1, 0.15) is 26.2 Å². The summed E-state index contributed by atoms with van der Waals surface area (Å²) in [6.45, 7) is 1.02. The van der Waals surface area contributed by atoms with Crippen LogP contribution in [-0.4, -0.2) is 89.2 Å². The number of aliphatic carboxylic acids is 1. The van der Waals surface area contributed by atoms with Crippen molar-refractivity contribution in [2.24, 2.45) is 22.2 Å². The number of amides is 3. The first kappa shape index (κ1) is 28.4. The summed E-state index contributed by atoms with van der Waals surface area (Å²) in [5.41, 5.74) is 15.8. The van der Waals surface area contributed by atoms with Crippen LogP contribution in [0.2, 0.25) is 0 Å². The minimum atomic E-state index is -1.23. The molecule has 0 aliphatic heterocycles. The molecule has 0 aromatic heterocycles. The Balaban J connectivity index is 5.03. The monoisotopic (exact) mass is 463 g/mol. The largest absolute Gasteiger partial charge is 0.480 e. The van der Waals surface area contributed by atoms with Gasteiger partial charge in [-0.05, 0) is 38.2 Å². The third-order valence-corrected chi connectivity index (χ3v) is 4.73. The SMILES string of the molecule is CSCCC(NC(=O)C(C)NC(=O)C(N)CO)C(=O)NC(CCCN=C(N)N)C(=O)O. The highest BCUT2D eigenvalue weighted by molar-refractivity contribution is 7.98. The Morgan fingerprint density at radius 2 is 1.61 bits per heavy atom. The number of aliphatic hydroxyl groups excluding tert-OH is 1. The van der Waals surface area contributed by atoms with E-state index in [0.29, 0.717) is 12.2 Å². The van der Waals surface area contributed by atoms with Gasteiger partial charge in [-0.2, -0.15) is 11.8 Å². The van der Waals surface area contributed by atoms with E-state index in [4.69, 9.17) is 22.3 Å². The first-order chi connectivity index (χ1) is 14.5. The maximum atomic E-state index is 12.6. The number of carbonyl (C=O) groups excluding carboxylic acids is 3. The van der Waals surface area contributed by atoms with E-state index in [1.807, 2.05) is 6.26 Å². The van der Waals surface area contributed by atoms with Gasteiger partial charge in [-0.1, -0.05) is 0 Å². The molecule has 4 unspecified atom stereocenters. The fourth-order valence-corrected chi connectivity index (χ4v) is 2.77. The Morgan fingerprint density at radius 1 is 1.00 bits per heavy atom. The molecule has 0 aliphatic rings. The van der Waals surface area contributed by atoms with Gasteiger partial charge < -0.3 is 43.4 Å². The van der Waals surface area contributed by atoms with Crippen molar-refractivity contribution < 1.29 is 29.4 Å². The smallest absolute Gasteiger partial charge is 0.326 e. The van der Waals surface area contributed by atoms with Crippen LogP contribution in [0.3, 0.4) is 0 Å². The third kappa shape index (κ3) is 12.0. The fourth-order valence-electron chi connectivity index (χ4n) is 2.30. The number of aliphatic hydroxyl groups is 1. The Morgan fingerprint density at radius 3 is 2.13 bits per heavy atom. The van der Waals surface area contributed by atoms with E-state index < -0.39 is 54.5 Å². The number of nitrogens with one attached hydrogen (secondary N) is 3. The lowest BCUT2D eigenvalue weighted by atomic mass is 10.1. The highest BCUT2D eigenvalue weighted by atomic mass is 32.2. The van der Waals surface area contributed by atoms with Crippen LogP contribution in [0.4, 0.5) is 0 Å². The van der Waals surface area contributed by atoms with Gasteiger partial charge in [0.15, 0.2) is 5.96 Å². The van der Waals surface area contributed by atoms with Gasteiger partial charge in [0.2, 0.25) is 17.7 Å². The van der Waals surface area contributed by atoms with Gasteiger partial charge in [-0.25, -0.2) is 4.79 Å². The van der Waals surface area contributed by atoms with Crippen molar-refractivity contribution in [3.8, 4) is 0 Å². The van der Waals surface area contributed by atoms with Crippen molar-refractivity contribution in [3.63, 3.8) is 0 Å². The molecule has 31 heavy (non-hydrogen) atoms. The van der Waals surface area contributed by atoms with Crippen molar-refractivity contribution in [3.05, 3.63) is 0 Å². The van der Waals surface area contributed by atoms with E-state index >= 15 is 0 Å². The average Bonchev–Trinajstić information content (AvgIpc) is 2.71. The standard InChI is InChI=1S/C17H33N7O6S/c1-9(22-14(27)10(18)8-25)13(26)23-11(5-7-31-2)15(28)24-12(16(29)30)4-3-6-21-17(19)20/h9-12,25H,3-8,18H2,1-2H3,(H,22,27)(H,23,26)(H,24,28)(H,29,30)(H4,19,20,21). The molecule has 178 valence electrons. The lowest BCUT2D eigenvalue weighted by Crippen LogP contribution is -2.56. The van der Waals surface area contributed by atoms with Gasteiger partial charge >= 0.3 is 5.97 Å². The summed E-state index contributed by atoms with van der Waals surface area (Å²) in [5.74, 6) is -2.86. The van der Waals surface area contributed by atoms with Crippen molar-refractivity contribution in [1.29, 1.82) is 0 Å². The molecule has 0 heterocycles. The van der Waals surface area contributed by atoms with Crippen LogP contribution >= 0.6 is 11.8 Å². The van der Waals surface area contributed by atoms with Crippen LogP contribution in [0.5, 0.6) is 0 Å². The van der Waals surface area contributed by atoms with Gasteiger partial charge in [-0.15, -0.1) is 0 Å². The Hall–Kier alpha value is -2.58. The number of hydrogen-bond donors (Lipinski definition) is 8. The zero-order valence-electron chi connectivity index (χ0n) is 17.7. The van der Waals surface area contributed by atoms with E-state index in [-0.39, 0.29) is 25.3 Å². The molecule has 0 radical (unpaired) electrons. The van der Waals surface area contributed by atoms with Gasteiger partial charge in [0, 0.05) is 6.54 Å². The number of guanidine groups is 1. The maximum absolute atomic E-state index is 12.6. The summed E-state index contributed by atoms with van der Waals surface area (Å²) in [5, 5.41) is 25.5. The quantitative estimate of drug-likeness (QED) is 0.0683. The second-order valence-electron chi connectivity index (χ2n) is 6.71. The van der Waals surface area contributed by atoms with Crippen molar-refractivity contribution in [2.45, 2.75) is 50.4 Å². The van der Waals surface area contributed by atoms with Crippen molar-refractivity contribution >= 4 is 41.4 Å². The Labute approximate surface area is 185 Å². The molecule has 0 aliphatic carbocycles. The predicted octanol–water partition coefficient (Wildman–Crippen LogP) is -3.33. The van der Waals surface area contributed by atoms with E-state index in [9.17, 15) is 24.3 Å². The zero-order valence-corrected chi connectivity index (χ0v) is 18.5. The molecule has 0 bridgehead atoms.